The predicted molar refractivity (Wildman–Crippen MR) is 255 cm³/mol. The highest BCUT2D eigenvalue weighted by Crippen LogP contribution is 2.22. The summed E-state index contributed by atoms with van der Waals surface area (Å²) in [4.78, 5) is 61.4. The normalized spacial score (nSPS) is 14.2. The molecule has 2 fully saturated rings. The van der Waals surface area contributed by atoms with Gasteiger partial charge in [-0.05, 0) is 75.5 Å². The van der Waals surface area contributed by atoms with Gasteiger partial charge in [0, 0.05) is 74.9 Å². The molecule has 2 aliphatic rings. The van der Waals surface area contributed by atoms with Crippen LogP contribution in [-0.2, 0) is 13.2 Å². The highest BCUT2D eigenvalue weighted by molar-refractivity contribution is 5.68. The number of aromatic nitrogens is 8. The molecular formula is C48H58N12O5. The largest absolute Gasteiger partial charge is 0.421 e. The fourth-order valence-corrected chi connectivity index (χ4v) is 7.31. The number of piperazine rings is 2. The lowest BCUT2D eigenvalue weighted by Crippen LogP contribution is -2.44. The van der Waals surface area contributed by atoms with Crippen LogP contribution in [0.25, 0.3) is 45.2 Å². The second kappa shape index (κ2) is 21.5. The minimum absolute atomic E-state index is 0. The maximum Gasteiger partial charge on any atom is 0.421 e. The average Bonchev–Trinajstić information content (AvgIpc) is 3.83. The van der Waals surface area contributed by atoms with E-state index in [1.165, 1.54) is 0 Å². The number of hydrogen-bond donors (Lipinski definition) is 2. The summed E-state index contributed by atoms with van der Waals surface area (Å²) >= 11 is 0. The number of H-pyrrole nitrogens is 1. The molecule has 17 nitrogen and oxygen atoms in total. The number of pyridine rings is 2. The molecule has 8 heterocycles. The van der Waals surface area contributed by atoms with Crippen LogP contribution in [0.4, 0.5) is 11.4 Å². The minimum atomic E-state index is -0.460. The van der Waals surface area contributed by atoms with Gasteiger partial charge in [0.2, 0.25) is 0 Å². The molecule has 65 heavy (non-hydrogen) atoms. The standard InChI is InChI=1S/C23H24N6O2.C16H20N4O.C7H6N2O2.2CH4/c1-16-6-7-20-22(26-16)29(23(30)31-20)15-17-4-3-5-18(12-17)21-24-13-19(14-25-21)28-10-8-27(2)9-11-28;1-19-5-7-20(8-6-19)15-10-17-16(18-11-15)14-4-2-3-13(9-14)12-21;1-4-2-3-5-6(8-4)9-7(10)11-5;;/h3-7,12-14H,8-11,15H2,1-2H3;2-4,9-11,21H,5-8,12H2,1H3;2-3H,1H3,(H,8,9,10);2*1H4. The zero-order valence-electron chi connectivity index (χ0n) is 35.8. The first-order valence-corrected chi connectivity index (χ1v) is 20.8. The van der Waals surface area contributed by atoms with E-state index < -0.39 is 11.5 Å². The number of nitrogens with zero attached hydrogens (tertiary/aromatic N) is 11. The number of oxazole rings is 2. The third-order valence-electron chi connectivity index (χ3n) is 11.0. The van der Waals surface area contributed by atoms with Crippen molar-refractivity contribution < 1.29 is 13.9 Å². The van der Waals surface area contributed by atoms with E-state index >= 15 is 0 Å². The van der Waals surface area contributed by atoms with Gasteiger partial charge in [0.1, 0.15) is 0 Å². The maximum absolute atomic E-state index is 12.3. The van der Waals surface area contributed by atoms with Gasteiger partial charge >= 0.3 is 11.5 Å². The summed E-state index contributed by atoms with van der Waals surface area (Å²) in [5.74, 6) is 0.491. The van der Waals surface area contributed by atoms with Crippen LogP contribution in [0.15, 0.2) is 116 Å². The van der Waals surface area contributed by atoms with E-state index in [4.69, 9.17) is 8.83 Å². The van der Waals surface area contributed by atoms with Gasteiger partial charge in [0.25, 0.3) is 0 Å². The Morgan fingerprint density at radius 2 is 1.11 bits per heavy atom. The molecule has 2 aliphatic heterocycles. The number of aliphatic hydroxyl groups excluding tert-OH is 1. The molecule has 6 aromatic heterocycles. The van der Waals surface area contributed by atoms with Crippen molar-refractivity contribution in [3.63, 3.8) is 0 Å². The van der Waals surface area contributed by atoms with Gasteiger partial charge in [-0.2, -0.15) is 0 Å². The van der Waals surface area contributed by atoms with Gasteiger partial charge in [0.15, 0.2) is 34.1 Å². The summed E-state index contributed by atoms with van der Waals surface area (Å²) in [5.41, 5.74) is 9.55. The Hall–Kier alpha value is -7.08. The molecule has 2 N–H and O–H groups in total. The van der Waals surface area contributed by atoms with Crippen molar-refractivity contribution >= 4 is 33.8 Å². The molecule has 0 spiro atoms. The van der Waals surface area contributed by atoms with E-state index in [-0.39, 0.29) is 21.5 Å². The highest BCUT2D eigenvalue weighted by atomic mass is 16.4. The Kier molecular flexibility index (Phi) is 15.7. The molecule has 8 aromatic rings. The molecule has 10 rings (SSSR count). The van der Waals surface area contributed by atoms with E-state index in [2.05, 4.69) is 68.6 Å². The second-order valence-electron chi connectivity index (χ2n) is 15.7. The first-order chi connectivity index (χ1) is 30.6. The molecule has 0 amide bonds. The number of hydrogen-bond acceptors (Lipinski definition) is 15. The Bertz CT molecular complexity index is 2890. The number of likely N-dealkylation sites (N-methyl/N-ethyl adjacent to an activating group) is 2. The van der Waals surface area contributed by atoms with Crippen molar-refractivity contribution in [1.82, 2.24) is 49.3 Å². The molecule has 2 saturated heterocycles. The van der Waals surface area contributed by atoms with Crippen molar-refractivity contribution in [2.24, 2.45) is 0 Å². The van der Waals surface area contributed by atoms with Gasteiger partial charge in [-0.3, -0.25) is 9.55 Å². The maximum atomic E-state index is 12.3. The number of aliphatic hydroxyl groups is 1. The summed E-state index contributed by atoms with van der Waals surface area (Å²) in [5, 5.41) is 9.19. The fraction of sp³-hybridized carbons (Fsp3) is 0.333. The van der Waals surface area contributed by atoms with E-state index in [0.717, 1.165) is 97.4 Å². The van der Waals surface area contributed by atoms with Gasteiger partial charge in [-0.25, -0.2) is 39.5 Å². The van der Waals surface area contributed by atoms with Crippen molar-refractivity contribution in [3.8, 4) is 22.8 Å². The molecular weight excluding hydrogens is 825 g/mol. The van der Waals surface area contributed by atoms with Crippen LogP contribution < -0.4 is 21.3 Å². The van der Waals surface area contributed by atoms with Crippen LogP contribution in [0.5, 0.6) is 0 Å². The minimum Gasteiger partial charge on any atom is -0.406 e. The van der Waals surface area contributed by atoms with Crippen LogP contribution in [0.3, 0.4) is 0 Å². The van der Waals surface area contributed by atoms with Gasteiger partial charge in [-0.1, -0.05) is 51.3 Å². The smallest absolute Gasteiger partial charge is 0.406 e. The Morgan fingerprint density at radius 3 is 1.65 bits per heavy atom. The number of aromatic amines is 1. The summed E-state index contributed by atoms with van der Waals surface area (Å²) in [7, 11) is 4.28. The number of aryl methyl sites for hydroxylation is 2. The number of fused-ring (bicyclic) bond motifs is 2. The van der Waals surface area contributed by atoms with Crippen LogP contribution in [0.2, 0.25) is 0 Å². The van der Waals surface area contributed by atoms with Gasteiger partial charge < -0.3 is 33.5 Å². The third-order valence-corrected chi connectivity index (χ3v) is 11.0. The summed E-state index contributed by atoms with van der Waals surface area (Å²) < 4.78 is 11.6. The van der Waals surface area contributed by atoms with Crippen LogP contribution >= 0.6 is 0 Å². The SMILES string of the molecule is C.C.CN1CCN(c2cnc(-c3cccc(CO)c3)nc2)CC1.Cc1ccc2oc(=O)[nH]c2n1.Cc1ccc2oc(=O)n(Cc3cccc(-c4ncc(N5CCN(C)CC5)cn4)c3)c2n1. The molecule has 0 unspecified atom stereocenters. The monoisotopic (exact) mass is 882 g/mol. The lowest BCUT2D eigenvalue weighted by Gasteiger charge is -2.33. The fourth-order valence-electron chi connectivity index (χ4n) is 7.31. The Morgan fingerprint density at radius 1 is 0.615 bits per heavy atom. The molecule has 0 saturated carbocycles. The van der Waals surface area contributed by atoms with Crippen molar-refractivity contribution in [2.75, 3.05) is 76.3 Å². The average molecular weight is 883 g/mol. The number of nitrogens with one attached hydrogen (secondary N) is 1. The Labute approximate surface area is 378 Å². The number of anilines is 2. The lowest BCUT2D eigenvalue weighted by atomic mass is 10.1. The van der Waals surface area contributed by atoms with Gasteiger partial charge in [0.05, 0.1) is 49.3 Å². The molecule has 0 bridgehead atoms. The van der Waals surface area contributed by atoms with E-state index in [0.29, 0.717) is 40.7 Å². The lowest BCUT2D eigenvalue weighted by molar-refractivity contribution is 0.282. The third kappa shape index (κ3) is 11.7. The molecule has 2 aromatic carbocycles. The highest BCUT2D eigenvalue weighted by Gasteiger charge is 2.17. The number of rotatable bonds is 7. The zero-order chi connectivity index (χ0) is 43.9. The van der Waals surface area contributed by atoms with Crippen LogP contribution in [-0.4, -0.2) is 121 Å². The quantitative estimate of drug-likeness (QED) is 0.188. The van der Waals surface area contributed by atoms with Gasteiger partial charge in [-0.15, -0.1) is 0 Å². The summed E-state index contributed by atoms with van der Waals surface area (Å²) in [6.07, 6.45) is 7.56. The van der Waals surface area contributed by atoms with E-state index in [1.807, 2.05) is 93.2 Å². The molecule has 340 valence electrons. The molecule has 0 atom stereocenters. The van der Waals surface area contributed by atoms with E-state index in [9.17, 15) is 14.7 Å². The topological polar surface area (TPSA) is 192 Å². The predicted octanol–water partition coefficient (Wildman–Crippen LogP) is 6.04. The van der Waals surface area contributed by atoms with Crippen LogP contribution in [0, 0.1) is 13.8 Å². The van der Waals surface area contributed by atoms with Crippen molar-refractivity contribution in [1.29, 1.82) is 0 Å². The first-order valence-electron chi connectivity index (χ1n) is 20.8. The molecule has 17 heteroatoms. The van der Waals surface area contributed by atoms with E-state index in [1.54, 1.807) is 22.8 Å². The molecule has 0 aliphatic carbocycles. The zero-order valence-corrected chi connectivity index (χ0v) is 35.8. The summed E-state index contributed by atoms with van der Waals surface area (Å²) in [6, 6.07) is 22.7. The number of benzene rings is 2. The first kappa shape index (κ1) is 47.4. The van der Waals surface area contributed by atoms with Crippen LogP contribution in [0.1, 0.15) is 37.4 Å². The Balaban J connectivity index is 0.000000177. The second-order valence-corrected chi connectivity index (χ2v) is 15.7. The van der Waals surface area contributed by atoms with Crippen molar-refractivity contribution in [3.05, 3.63) is 141 Å². The van der Waals surface area contributed by atoms with Crippen molar-refractivity contribution in [2.45, 2.75) is 41.9 Å². The summed E-state index contributed by atoms with van der Waals surface area (Å²) in [6.45, 7) is 12.4. The molecule has 0 radical (unpaired) electrons.